The molecule has 6 heteroatoms. The standard InChI is InChI=1S/C19H38N4O2/c1-16(2)13-23-9-5-18(6-10-23)22-19(20-3)21-8-4-11-24-14-17-7-12-25-15-17/h16-18H,4-15H2,1-3H3,(H2,20,21,22). The first kappa shape index (κ1) is 20.5. The summed E-state index contributed by atoms with van der Waals surface area (Å²) in [5.74, 6) is 2.28. The Labute approximate surface area is 153 Å². The third-order valence-electron chi connectivity index (χ3n) is 4.91. The fraction of sp³-hybridized carbons (Fsp3) is 0.947. The second kappa shape index (κ2) is 11.7. The normalized spacial score (nSPS) is 23.4. The molecule has 0 aliphatic carbocycles. The lowest BCUT2D eigenvalue weighted by molar-refractivity contribution is 0.0888. The van der Waals surface area contributed by atoms with Gasteiger partial charge in [0.25, 0.3) is 0 Å². The Kier molecular flexibility index (Phi) is 9.58. The van der Waals surface area contributed by atoms with E-state index in [1.807, 2.05) is 7.05 Å². The predicted octanol–water partition coefficient (Wildman–Crippen LogP) is 1.72. The molecule has 0 radical (unpaired) electrons. The first-order valence-electron chi connectivity index (χ1n) is 10.0. The fourth-order valence-corrected chi connectivity index (χ4v) is 3.51. The van der Waals surface area contributed by atoms with Gasteiger partial charge in [-0.1, -0.05) is 13.8 Å². The van der Waals surface area contributed by atoms with Gasteiger partial charge in [0.2, 0.25) is 0 Å². The van der Waals surface area contributed by atoms with Gasteiger partial charge in [-0.05, 0) is 31.6 Å². The number of piperidine rings is 1. The lowest BCUT2D eigenvalue weighted by atomic mass is 10.0. The molecule has 1 unspecified atom stereocenters. The molecule has 0 bridgehead atoms. The van der Waals surface area contributed by atoms with Crippen LogP contribution in [0, 0.1) is 11.8 Å². The van der Waals surface area contributed by atoms with Gasteiger partial charge in [-0.2, -0.15) is 0 Å². The van der Waals surface area contributed by atoms with Crippen molar-refractivity contribution in [3.63, 3.8) is 0 Å². The molecule has 25 heavy (non-hydrogen) atoms. The minimum atomic E-state index is 0.535. The van der Waals surface area contributed by atoms with Crippen LogP contribution in [0.15, 0.2) is 4.99 Å². The zero-order chi connectivity index (χ0) is 17.9. The van der Waals surface area contributed by atoms with E-state index in [0.29, 0.717) is 12.0 Å². The summed E-state index contributed by atoms with van der Waals surface area (Å²) in [6.07, 6.45) is 4.53. The Hall–Kier alpha value is -0.850. The van der Waals surface area contributed by atoms with Crippen LogP contribution in [0.5, 0.6) is 0 Å². The van der Waals surface area contributed by atoms with E-state index in [0.717, 1.165) is 57.7 Å². The van der Waals surface area contributed by atoms with Crippen molar-refractivity contribution in [3.05, 3.63) is 0 Å². The molecular weight excluding hydrogens is 316 g/mol. The average Bonchev–Trinajstić information content (AvgIpc) is 3.11. The molecule has 2 aliphatic rings. The van der Waals surface area contributed by atoms with Gasteiger partial charge in [-0.3, -0.25) is 4.99 Å². The number of guanidine groups is 1. The maximum absolute atomic E-state index is 5.74. The molecule has 2 heterocycles. The molecule has 0 aromatic rings. The van der Waals surface area contributed by atoms with Crippen LogP contribution in [0.25, 0.3) is 0 Å². The minimum Gasteiger partial charge on any atom is -0.381 e. The highest BCUT2D eigenvalue weighted by Crippen LogP contribution is 2.13. The van der Waals surface area contributed by atoms with E-state index in [4.69, 9.17) is 9.47 Å². The Balaban J connectivity index is 1.50. The maximum Gasteiger partial charge on any atom is 0.191 e. The quantitative estimate of drug-likeness (QED) is 0.375. The first-order valence-corrected chi connectivity index (χ1v) is 10.0. The summed E-state index contributed by atoms with van der Waals surface area (Å²) in [5, 5.41) is 6.98. The fourth-order valence-electron chi connectivity index (χ4n) is 3.51. The van der Waals surface area contributed by atoms with Gasteiger partial charge < -0.3 is 25.0 Å². The number of likely N-dealkylation sites (tertiary alicyclic amines) is 1. The molecule has 0 aromatic carbocycles. The van der Waals surface area contributed by atoms with Gasteiger partial charge in [0.05, 0.1) is 13.2 Å². The lowest BCUT2D eigenvalue weighted by Crippen LogP contribution is -2.49. The Morgan fingerprint density at radius 2 is 2.08 bits per heavy atom. The van der Waals surface area contributed by atoms with Crippen LogP contribution < -0.4 is 10.6 Å². The predicted molar refractivity (Wildman–Crippen MR) is 103 cm³/mol. The SMILES string of the molecule is CN=C(NCCCOCC1CCOC1)NC1CCN(CC(C)C)CC1. The topological polar surface area (TPSA) is 58.1 Å². The van der Waals surface area contributed by atoms with Crippen molar-refractivity contribution < 1.29 is 9.47 Å². The van der Waals surface area contributed by atoms with E-state index in [1.165, 1.54) is 32.5 Å². The summed E-state index contributed by atoms with van der Waals surface area (Å²) in [4.78, 5) is 6.93. The van der Waals surface area contributed by atoms with Crippen LogP contribution >= 0.6 is 0 Å². The molecule has 0 amide bonds. The summed E-state index contributed by atoms with van der Waals surface area (Å²) in [7, 11) is 1.85. The molecule has 1 atom stereocenters. The molecule has 2 rings (SSSR count). The second-order valence-electron chi connectivity index (χ2n) is 7.77. The van der Waals surface area contributed by atoms with Gasteiger partial charge >= 0.3 is 0 Å². The number of nitrogens with one attached hydrogen (secondary N) is 2. The summed E-state index contributed by atoms with van der Waals surface area (Å²) >= 11 is 0. The zero-order valence-corrected chi connectivity index (χ0v) is 16.4. The lowest BCUT2D eigenvalue weighted by Gasteiger charge is -2.34. The number of hydrogen-bond acceptors (Lipinski definition) is 4. The van der Waals surface area contributed by atoms with Crippen molar-refractivity contribution in [1.29, 1.82) is 0 Å². The molecule has 146 valence electrons. The summed E-state index contributed by atoms with van der Waals surface area (Å²) in [6, 6.07) is 0.535. The molecule has 2 saturated heterocycles. The van der Waals surface area contributed by atoms with Crippen molar-refractivity contribution in [2.75, 3.05) is 59.7 Å². The van der Waals surface area contributed by atoms with Gasteiger partial charge in [0.15, 0.2) is 5.96 Å². The Morgan fingerprint density at radius 3 is 2.72 bits per heavy atom. The van der Waals surface area contributed by atoms with Crippen molar-refractivity contribution >= 4 is 5.96 Å². The highest BCUT2D eigenvalue weighted by atomic mass is 16.5. The second-order valence-corrected chi connectivity index (χ2v) is 7.77. The number of nitrogens with zero attached hydrogens (tertiary/aromatic N) is 2. The van der Waals surface area contributed by atoms with Crippen LogP contribution in [0.2, 0.25) is 0 Å². The molecule has 6 nitrogen and oxygen atoms in total. The van der Waals surface area contributed by atoms with E-state index >= 15 is 0 Å². The van der Waals surface area contributed by atoms with E-state index in [1.54, 1.807) is 0 Å². The minimum absolute atomic E-state index is 0.535. The molecule has 2 aliphatic heterocycles. The number of rotatable bonds is 9. The first-order chi connectivity index (χ1) is 12.2. The Morgan fingerprint density at radius 1 is 1.28 bits per heavy atom. The smallest absolute Gasteiger partial charge is 0.191 e. The number of hydrogen-bond donors (Lipinski definition) is 2. The highest BCUT2D eigenvalue weighted by Gasteiger charge is 2.20. The third-order valence-corrected chi connectivity index (χ3v) is 4.91. The summed E-state index contributed by atoms with van der Waals surface area (Å²) < 4.78 is 11.1. The van der Waals surface area contributed by atoms with Gasteiger partial charge in [0, 0.05) is 58.4 Å². The van der Waals surface area contributed by atoms with Crippen LogP contribution in [0.1, 0.15) is 39.5 Å². The van der Waals surface area contributed by atoms with E-state index in [-0.39, 0.29) is 0 Å². The highest BCUT2D eigenvalue weighted by molar-refractivity contribution is 5.79. The van der Waals surface area contributed by atoms with Gasteiger partial charge in [-0.25, -0.2) is 0 Å². The molecule has 2 fully saturated rings. The van der Waals surface area contributed by atoms with E-state index in [9.17, 15) is 0 Å². The van der Waals surface area contributed by atoms with Crippen LogP contribution in [0.3, 0.4) is 0 Å². The zero-order valence-electron chi connectivity index (χ0n) is 16.4. The third kappa shape index (κ3) is 8.38. The summed E-state index contributed by atoms with van der Waals surface area (Å²) in [6.45, 7) is 12.5. The molecule has 0 spiro atoms. The molecule has 0 saturated carbocycles. The van der Waals surface area contributed by atoms with Crippen molar-refractivity contribution in [3.8, 4) is 0 Å². The molecule has 2 N–H and O–H groups in total. The van der Waals surface area contributed by atoms with Crippen LogP contribution in [-0.2, 0) is 9.47 Å². The maximum atomic E-state index is 5.74. The average molecular weight is 355 g/mol. The number of aliphatic imine (C=N–C) groups is 1. The number of ether oxygens (including phenoxy) is 2. The largest absolute Gasteiger partial charge is 0.381 e. The summed E-state index contributed by atoms with van der Waals surface area (Å²) in [5.41, 5.74) is 0. The van der Waals surface area contributed by atoms with Crippen molar-refractivity contribution in [1.82, 2.24) is 15.5 Å². The van der Waals surface area contributed by atoms with Crippen LogP contribution in [-0.4, -0.2) is 76.6 Å². The van der Waals surface area contributed by atoms with Crippen molar-refractivity contribution in [2.24, 2.45) is 16.8 Å². The Bertz CT molecular complexity index is 376. The molecular formula is C19H38N4O2. The van der Waals surface area contributed by atoms with E-state index < -0.39 is 0 Å². The van der Waals surface area contributed by atoms with Gasteiger partial charge in [-0.15, -0.1) is 0 Å². The molecule has 0 aromatic heterocycles. The van der Waals surface area contributed by atoms with Gasteiger partial charge in [0.1, 0.15) is 0 Å². The van der Waals surface area contributed by atoms with Crippen molar-refractivity contribution in [2.45, 2.75) is 45.6 Å². The van der Waals surface area contributed by atoms with Crippen LogP contribution in [0.4, 0.5) is 0 Å². The monoisotopic (exact) mass is 354 g/mol. The van der Waals surface area contributed by atoms with E-state index in [2.05, 4.69) is 34.4 Å².